The number of carbonyl (C=O) groups is 1. The van der Waals surface area contributed by atoms with Crippen molar-refractivity contribution in [3.8, 4) is 0 Å². The van der Waals surface area contributed by atoms with Gasteiger partial charge in [-0.1, -0.05) is 13.3 Å². The van der Waals surface area contributed by atoms with E-state index in [0.29, 0.717) is 30.5 Å². The Kier molecular flexibility index (Phi) is 4.78. The number of hydrogen-bond acceptors (Lipinski definition) is 3. The maximum atomic E-state index is 12.8. The Morgan fingerprint density at radius 3 is 2.67 bits per heavy atom. The van der Waals surface area contributed by atoms with Crippen molar-refractivity contribution in [2.45, 2.75) is 32.6 Å². The zero-order valence-electron chi connectivity index (χ0n) is 11.2. The van der Waals surface area contributed by atoms with Crippen LogP contribution >= 0.6 is 0 Å². The largest absolute Gasteiger partial charge is 0.340 e. The summed E-state index contributed by atoms with van der Waals surface area (Å²) < 4.78 is 11.4. The van der Waals surface area contributed by atoms with Crippen LogP contribution in [0.4, 0.5) is 0 Å². The van der Waals surface area contributed by atoms with Gasteiger partial charge >= 0.3 is 0 Å². The van der Waals surface area contributed by atoms with Crippen molar-refractivity contribution in [1.82, 2.24) is 10.2 Å². The van der Waals surface area contributed by atoms with E-state index >= 15 is 0 Å². The third kappa shape index (κ3) is 2.94. The molecule has 2 fully saturated rings. The Bertz CT molecular complexity index is 311. The standard InChI is InChI=1S/C13H24N2O2S/c1-2-4-13(5-3-6-14-11-13)12(16)15-7-9-18(17)10-8-15/h14H,2-11H2,1H3. The molecular formula is C13H24N2O2S. The van der Waals surface area contributed by atoms with Gasteiger partial charge in [-0.2, -0.15) is 0 Å². The average molecular weight is 272 g/mol. The van der Waals surface area contributed by atoms with Crippen molar-refractivity contribution in [3.05, 3.63) is 0 Å². The van der Waals surface area contributed by atoms with Crippen LogP contribution in [0.2, 0.25) is 0 Å². The lowest BCUT2D eigenvalue weighted by atomic mass is 9.75. The monoisotopic (exact) mass is 272 g/mol. The first kappa shape index (κ1) is 14.0. The fourth-order valence-electron chi connectivity index (χ4n) is 3.13. The van der Waals surface area contributed by atoms with Crippen molar-refractivity contribution in [3.63, 3.8) is 0 Å². The summed E-state index contributed by atoms with van der Waals surface area (Å²) in [5.74, 6) is 1.61. The molecule has 2 heterocycles. The molecule has 2 aliphatic rings. The SMILES string of the molecule is CCCC1(C(=O)N2CCS(=O)CC2)CCCNC1. The minimum absolute atomic E-state index is 0.189. The number of carbonyl (C=O) groups excluding carboxylic acids is 1. The summed E-state index contributed by atoms with van der Waals surface area (Å²) in [7, 11) is -0.709. The van der Waals surface area contributed by atoms with E-state index in [1.165, 1.54) is 0 Å². The van der Waals surface area contributed by atoms with E-state index in [9.17, 15) is 9.00 Å². The van der Waals surface area contributed by atoms with Gasteiger partial charge in [-0.15, -0.1) is 0 Å². The molecule has 1 atom stereocenters. The maximum absolute atomic E-state index is 12.8. The molecule has 1 unspecified atom stereocenters. The van der Waals surface area contributed by atoms with Crippen LogP contribution < -0.4 is 5.32 Å². The predicted molar refractivity (Wildman–Crippen MR) is 73.9 cm³/mol. The fourth-order valence-corrected chi connectivity index (χ4v) is 4.18. The molecule has 0 radical (unpaired) electrons. The van der Waals surface area contributed by atoms with Gasteiger partial charge in [-0.05, 0) is 25.8 Å². The molecule has 0 saturated carbocycles. The Morgan fingerprint density at radius 1 is 1.39 bits per heavy atom. The van der Waals surface area contributed by atoms with E-state index in [2.05, 4.69) is 12.2 Å². The summed E-state index contributed by atoms with van der Waals surface area (Å²) in [6.07, 6.45) is 4.11. The molecule has 5 heteroatoms. The molecule has 0 aliphatic carbocycles. The molecular weight excluding hydrogens is 248 g/mol. The van der Waals surface area contributed by atoms with E-state index in [1.807, 2.05) is 4.90 Å². The number of nitrogens with zero attached hydrogens (tertiary/aromatic N) is 1. The molecule has 4 nitrogen and oxygen atoms in total. The van der Waals surface area contributed by atoms with E-state index in [-0.39, 0.29) is 5.41 Å². The van der Waals surface area contributed by atoms with Gasteiger partial charge in [0.1, 0.15) is 0 Å². The van der Waals surface area contributed by atoms with Gasteiger partial charge in [0.25, 0.3) is 0 Å². The highest BCUT2D eigenvalue weighted by atomic mass is 32.2. The third-order valence-corrected chi connectivity index (χ3v) is 5.40. The lowest BCUT2D eigenvalue weighted by Gasteiger charge is -2.41. The lowest BCUT2D eigenvalue weighted by Crippen LogP contribution is -2.54. The summed E-state index contributed by atoms with van der Waals surface area (Å²) in [6, 6.07) is 0. The summed E-state index contributed by atoms with van der Waals surface area (Å²) in [5, 5.41) is 3.38. The summed E-state index contributed by atoms with van der Waals surface area (Å²) >= 11 is 0. The molecule has 18 heavy (non-hydrogen) atoms. The number of amides is 1. The molecule has 0 spiro atoms. The number of rotatable bonds is 3. The van der Waals surface area contributed by atoms with Crippen LogP contribution in [0, 0.1) is 5.41 Å². The minimum atomic E-state index is -0.709. The van der Waals surface area contributed by atoms with Gasteiger partial charge in [0, 0.05) is 41.9 Å². The van der Waals surface area contributed by atoms with Gasteiger partial charge in [0.2, 0.25) is 5.91 Å². The minimum Gasteiger partial charge on any atom is -0.340 e. The quantitative estimate of drug-likeness (QED) is 0.825. The van der Waals surface area contributed by atoms with Gasteiger partial charge in [-0.25, -0.2) is 0 Å². The fraction of sp³-hybridized carbons (Fsp3) is 0.923. The average Bonchev–Trinajstić information content (AvgIpc) is 2.40. The first-order valence-corrected chi connectivity index (χ1v) is 8.52. The molecule has 2 saturated heterocycles. The zero-order chi connectivity index (χ0) is 13.0. The highest BCUT2D eigenvalue weighted by Gasteiger charge is 2.41. The van der Waals surface area contributed by atoms with Crippen LogP contribution in [0.25, 0.3) is 0 Å². The molecule has 1 N–H and O–H groups in total. The van der Waals surface area contributed by atoms with Gasteiger partial charge in [-0.3, -0.25) is 9.00 Å². The van der Waals surface area contributed by atoms with Crippen molar-refractivity contribution in [1.29, 1.82) is 0 Å². The van der Waals surface area contributed by atoms with Crippen LogP contribution in [-0.2, 0) is 15.6 Å². The topological polar surface area (TPSA) is 49.4 Å². The summed E-state index contributed by atoms with van der Waals surface area (Å²) in [5.41, 5.74) is -0.189. The smallest absolute Gasteiger partial charge is 0.230 e. The van der Waals surface area contributed by atoms with Gasteiger partial charge in [0.15, 0.2) is 0 Å². The molecule has 0 aromatic rings. The molecule has 2 rings (SSSR count). The van der Waals surface area contributed by atoms with Crippen LogP contribution in [0.1, 0.15) is 32.6 Å². The summed E-state index contributed by atoms with van der Waals surface area (Å²) in [4.78, 5) is 14.7. The highest BCUT2D eigenvalue weighted by Crippen LogP contribution is 2.34. The second-order valence-corrected chi connectivity index (χ2v) is 7.15. The molecule has 2 aliphatic heterocycles. The molecule has 0 bridgehead atoms. The maximum Gasteiger partial charge on any atom is 0.230 e. The second kappa shape index (κ2) is 6.15. The van der Waals surface area contributed by atoms with Crippen LogP contribution in [-0.4, -0.2) is 52.7 Å². The van der Waals surface area contributed by atoms with E-state index in [1.54, 1.807) is 0 Å². The Hall–Kier alpha value is -0.420. The zero-order valence-corrected chi connectivity index (χ0v) is 12.1. The van der Waals surface area contributed by atoms with Crippen LogP contribution in [0.3, 0.4) is 0 Å². The number of piperidine rings is 1. The third-order valence-electron chi connectivity index (χ3n) is 4.12. The van der Waals surface area contributed by atoms with E-state index < -0.39 is 10.8 Å². The first-order chi connectivity index (χ1) is 8.68. The first-order valence-electron chi connectivity index (χ1n) is 7.03. The predicted octanol–water partition coefficient (Wildman–Crippen LogP) is 0.747. The van der Waals surface area contributed by atoms with Crippen molar-refractivity contribution >= 4 is 16.7 Å². The Labute approximate surface area is 112 Å². The van der Waals surface area contributed by atoms with Crippen LogP contribution in [0.5, 0.6) is 0 Å². The Morgan fingerprint density at radius 2 is 2.11 bits per heavy atom. The number of hydrogen-bond donors (Lipinski definition) is 1. The lowest BCUT2D eigenvalue weighted by molar-refractivity contribution is -0.143. The number of nitrogens with one attached hydrogen (secondary N) is 1. The van der Waals surface area contributed by atoms with E-state index in [4.69, 9.17) is 0 Å². The van der Waals surface area contributed by atoms with Crippen molar-refractivity contribution in [2.75, 3.05) is 37.7 Å². The van der Waals surface area contributed by atoms with Gasteiger partial charge in [0.05, 0.1) is 5.41 Å². The molecule has 1 amide bonds. The van der Waals surface area contributed by atoms with Gasteiger partial charge < -0.3 is 10.2 Å². The van der Waals surface area contributed by atoms with Crippen LogP contribution in [0.15, 0.2) is 0 Å². The summed E-state index contributed by atoms with van der Waals surface area (Å²) in [6.45, 7) is 5.35. The van der Waals surface area contributed by atoms with Crippen molar-refractivity contribution in [2.24, 2.45) is 5.41 Å². The molecule has 0 aromatic carbocycles. The van der Waals surface area contributed by atoms with E-state index in [0.717, 1.165) is 38.8 Å². The molecule has 104 valence electrons. The highest BCUT2D eigenvalue weighted by molar-refractivity contribution is 7.85. The second-order valence-electron chi connectivity index (χ2n) is 5.45. The normalized spacial score (nSPS) is 30.4. The Balaban J connectivity index is 2.05. The van der Waals surface area contributed by atoms with Crippen molar-refractivity contribution < 1.29 is 9.00 Å². The molecule has 0 aromatic heterocycles.